The van der Waals surface area contributed by atoms with Crippen molar-refractivity contribution in [1.82, 2.24) is 4.90 Å². The molecule has 0 unspecified atom stereocenters. The van der Waals surface area contributed by atoms with Gasteiger partial charge in [0.2, 0.25) is 0 Å². The van der Waals surface area contributed by atoms with Gasteiger partial charge in [0.1, 0.15) is 0 Å². The first kappa shape index (κ1) is 15.0. The van der Waals surface area contributed by atoms with E-state index in [4.69, 9.17) is 11.6 Å². The van der Waals surface area contributed by atoms with E-state index in [1.165, 1.54) is 11.3 Å². The van der Waals surface area contributed by atoms with Crippen molar-refractivity contribution in [2.45, 2.75) is 33.2 Å². The molecule has 0 aromatic carbocycles. The molecule has 5 heteroatoms. The Morgan fingerprint density at radius 3 is 2.65 bits per heavy atom. The number of alkyl halides is 1. The number of halogens is 2. The predicted octanol–water partition coefficient (Wildman–Crippen LogP) is 4.30. The molecule has 1 aromatic rings. The molecule has 96 valence electrons. The third-order valence-corrected chi connectivity index (χ3v) is 4.88. The van der Waals surface area contributed by atoms with Gasteiger partial charge in [-0.2, -0.15) is 0 Å². The van der Waals surface area contributed by atoms with Crippen molar-refractivity contribution in [1.29, 1.82) is 0 Å². The number of amides is 1. The highest BCUT2D eigenvalue weighted by molar-refractivity contribution is 9.11. The molecule has 0 spiro atoms. The van der Waals surface area contributed by atoms with Crippen LogP contribution in [0.5, 0.6) is 0 Å². The van der Waals surface area contributed by atoms with Crippen molar-refractivity contribution in [3.63, 3.8) is 0 Å². The minimum absolute atomic E-state index is 0.101. The molecule has 0 radical (unpaired) electrons. The van der Waals surface area contributed by atoms with E-state index in [1.54, 1.807) is 0 Å². The molecule has 0 atom stereocenters. The topological polar surface area (TPSA) is 20.3 Å². The van der Waals surface area contributed by atoms with E-state index in [9.17, 15) is 4.79 Å². The predicted molar refractivity (Wildman–Crippen MR) is 78.3 cm³/mol. The summed E-state index contributed by atoms with van der Waals surface area (Å²) in [5, 5.41) is 0. The summed E-state index contributed by atoms with van der Waals surface area (Å²) in [5.41, 5.74) is 1.11. The van der Waals surface area contributed by atoms with Crippen LogP contribution in [0.15, 0.2) is 9.85 Å². The number of hydrogen-bond acceptors (Lipinski definition) is 2. The Morgan fingerprint density at radius 2 is 2.24 bits per heavy atom. The number of thiophene rings is 1. The molecule has 2 nitrogen and oxygen atoms in total. The summed E-state index contributed by atoms with van der Waals surface area (Å²) < 4.78 is 1.03. The molecule has 1 amide bonds. The number of carbonyl (C=O) groups excluding carboxylic acids is 1. The number of aryl methyl sites for hydroxylation is 1. The second-order valence-electron chi connectivity index (χ2n) is 4.20. The highest BCUT2D eigenvalue weighted by Crippen LogP contribution is 2.28. The van der Waals surface area contributed by atoms with Crippen molar-refractivity contribution in [2.75, 3.05) is 12.4 Å². The summed E-state index contributed by atoms with van der Waals surface area (Å²) in [7, 11) is 0. The highest BCUT2D eigenvalue weighted by atomic mass is 79.9. The molecule has 0 N–H and O–H groups in total. The van der Waals surface area contributed by atoms with Gasteiger partial charge in [0.25, 0.3) is 5.91 Å². The maximum atomic E-state index is 12.3. The molecule has 1 heterocycles. The van der Waals surface area contributed by atoms with Crippen molar-refractivity contribution in [2.24, 2.45) is 0 Å². The lowest BCUT2D eigenvalue weighted by atomic mass is 10.2. The monoisotopic (exact) mass is 337 g/mol. The number of hydrogen-bond donors (Lipinski definition) is 0. The van der Waals surface area contributed by atoms with E-state index in [0.29, 0.717) is 12.4 Å². The van der Waals surface area contributed by atoms with Gasteiger partial charge in [0.15, 0.2) is 0 Å². The molecule has 1 aromatic heterocycles. The molecular weight excluding hydrogens is 322 g/mol. The Bertz CT molecular complexity index is 372. The molecule has 0 aliphatic heterocycles. The minimum atomic E-state index is 0.101. The maximum Gasteiger partial charge on any atom is 0.264 e. The van der Waals surface area contributed by atoms with E-state index in [1.807, 2.05) is 31.7 Å². The smallest absolute Gasteiger partial charge is 0.264 e. The van der Waals surface area contributed by atoms with Crippen LogP contribution in [0, 0.1) is 6.92 Å². The van der Waals surface area contributed by atoms with Crippen LogP contribution >= 0.6 is 38.9 Å². The fourth-order valence-electron chi connectivity index (χ4n) is 1.53. The molecule has 1 rings (SSSR count). The van der Waals surface area contributed by atoms with Crippen LogP contribution in [-0.4, -0.2) is 29.3 Å². The standard InChI is InChI=1S/C12H17BrClNOS/c1-8(2)15(6-4-5-14)12(16)10-7-9(3)11(13)17-10/h7-8H,4-6H2,1-3H3. The summed E-state index contributed by atoms with van der Waals surface area (Å²) in [6.45, 7) is 6.77. The second-order valence-corrected chi connectivity index (χ2v) is 6.95. The molecule has 17 heavy (non-hydrogen) atoms. The summed E-state index contributed by atoms with van der Waals surface area (Å²) in [6.07, 6.45) is 0.830. The van der Waals surface area contributed by atoms with Crippen LogP contribution in [0.2, 0.25) is 0 Å². The zero-order valence-electron chi connectivity index (χ0n) is 10.3. The highest BCUT2D eigenvalue weighted by Gasteiger charge is 2.20. The van der Waals surface area contributed by atoms with Gasteiger partial charge >= 0.3 is 0 Å². The molecule has 0 aliphatic carbocycles. The van der Waals surface area contributed by atoms with E-state index < -0.39 is 0 Å². The van der Waals surface area contributed by atoms with Crippen LogP contribution in [-0.2, 0) is 0 Å². The van der Waals surface area contributed by atoms with Gasteiger partial charge in [-0.25, -0.2) is 0 Å². The van der Waals surface area contributed by atoms with Gasteiger partial charge in [-0.15, -0.1) is 22.9 Å². The van der Waals surface area contributed by atoms with Crippen molar-refractivity contribution in [3.8, 4) is 0 Å². The maximum absolute atomic E-state index is 12.3. The molecular formula is C12H17BrClNOS. The Kier molecular flexibility index (Phi) is 5.97. The van der Waals surface area contributed by atoms with Crippen LogP contribution in [0.4, 0.5) is 0 Å². The van der Waals surface area contributed by atoms with Crippen LogP contribution < -0.4 is 0 Å². The fraction of sp³-hybridized carbons (Fsp3) is 0.583. The summed E-state index contributed by atoms with van der Waals surface area (Å²) in [4.78, 5) is 15.0. The Labute approximate surface area is 120 Å². The quantitative estimate of drug-likeness (QED) is 0.733. The lowest BCUT2D eigenvalue weighted by molar-refractivity contribution is 0.0711. The Hall–Kier alpha value is -0.0600. The third-order valence-electron chi connectivity index (χ3n) is 2.48. The lowest BCUT2D eigenvalue weighted by Crippen LogP contribution is -2.37. The van der Waals surface area contributed by atoms with E-state index in [0.717, 1.165) is 20.6 Å². The summed E-state index contributed by atoms with van der Waals surface area (Å²) >= 11 is 10.6. The van der Waals surface area contributed by atoms with Gasteiger partial charge in [-0.1, -0.05) is 0 Å². The van der Waals surface area contributed by atoms with Gasteiger partial charge in [-0.05, 0) is 54.8 Å². The van der Waals surface area contributed by atoms with Gasteiger partial charge < -0.3 is 4.90 Å². The van der Waals surface area contributed by atoms with Crippen LogP contribution in [0.25, 0.3) is 0 Å². The largest absolute Gasteiger partial charge is 0.335 e. The van der Waals surface area contributed by atoms with E-state index >= 15 is 0 Å². The normalized spacial score (nSPS) is 10.9. The summed E-state index contributed by atoms with van der Waals surface area (Å²) in [5.74, 6) is 0.688. The molecule has 0 aliphatic rings. The van der Waals surface area contributed by atoms with E-state index in [-0.39, 0.29) is 11.9 Å². The molecule has 0 saturated carbocycles. The number of nitrogens with zero attached hydrogens (tertiary/aromatic N) is 1. The third kappa shape index (κ3) is 3.97. The van der Waals surface area contributed by atoms with Crippen molar-refractivity contribution < 1.29 is 4.79 Å². The number of carbonyl (C=O) groups is 1. The first-order valence-corrected chi connectivity index (χ1v) is 7.74. The first-order valence-electron chi connectivity index (χ1n) is 5.60. The fourth-order valence-corrected chi connectivity index (χ4v) is 3.14. The van der Waals surface area contributed by atoms with Crippen LogP contribution in [0.1, 0.15) is 35.5 Å². The zero-order chi connectivity index (χ0) is 13.0. The first-order chi connectivity index (χ1) is 7.97. The number of rotatable bonds is 5. The minimum Gasteiger partial charge on any atom is -0.335 e. The molecule has 0 bridgehead atoms. The van der Waals surface area contributed by atoms with Crippen LogP contribution in [0.3, 0.4) is 0 Å². The summed E-state index contributed by atoms with van der Waals surface area (Å²) in [6, 6.07) is 2.14. The van der Waals surface area contributed by atoms with Gasteiger partial charge in [0, 0.05) is 18.5 Å². The van der Waals surface area contributed by atoms with Gasteiger partial charge in [-0.3, -0.25) is 4.79 Å². The Balaban J connectivity index is 2.84. The average Bonchev–Trinajstić information content (AvgIpc) is 2.59. The van der Waals surface area contributed by atoms with Crippen molar-refractivity contribution in [3.05, 3.63) is 20.3 Å². The van der Waals surface area contributed by atoms with Crippen molar-refractivity contribution >= 4 is 44.8 Å². The Morgan fingerprint density at radius 1 is 1.59 bits per heavy atom. The molecule has 0 fully saturated rings. The SMILES string of the molecule is Cc1cc(C(=O)N(CCCCl)C(C)C)sc1Br. The molecule has 0 saturated heterocycles. The zero-order valence-corrected chi connectivity index (χ0v) is 13.5. The average molecular weight is 339 g/mol. The van der Waals surface area contributed by atoms with Gasteiger partial charge in [0.05, 0.1) is 8.66 Å². The second kappa shape index (κ2) is 6.76. The lowest BCUT2D eigenvalue weighted by Gasteiger charge is -2.25. The van der Waals surface area contributed by atoms with E-state index in [2.05, 4.69) is 15.9 Å².